The summed E-state index contributed by atoms with van der Waals surface area (Å²) in [7, 11) is 2.07. The van der Waals surface area contributed by atoms with Crippen molar-refractivity contribution in [2.45, 2.75) is 39.4 Å². The molecule has 1 aromatic heterocycles. The van der Waals surface area contributed by atoms with Crippen LogP contribution in [0.4, 0.5) is 0 Å². The smallest absolute Gasteiger partial charge is 0.194 e. The lowest BCUT2D eigenvalue weighted by atomic mass is 10.2. The average Bonchev–Trinajstić information content (AvgIpc) is 2.96. The Labute approximate surface area is 154 Å². The molecule has 0 saturated carbocycles. The summed E-state index contributed by atoms with van der Waals surface area (Å²) in [6.07, 6.45) is 0. The van der Waals surface area contributed by atoms with Crippen LogP contribution in [-0.2, 0) is 11.3 Å². The molecule has 0 aliphatic carbocycles. The number of ether oxygens (including phenoxy) is 1. The van der Waals surface area contributed by atoms with Gasteiger partial charge in [0.05, 0.1) is 30.6 Å². The number of nitrogens with zero attached hydrogens (tertiary/aromatic N) is 3. The first-order valence-corrected chi connectivity index (χ1v) is 9.77. The SMILES string of the molecule is CCNC(=NCC(C)N1CCOCC1C)N(C)Cc1ccc(Cl)s1. The van der Waals surface area contributed by atoms with Gasteiger partial charge in [0, 0.05) is 37.1 Å². The molecule has 0 bridgehead atoms. The molecule has 5 nitrogen and oxygen atoms in total. The topological polar surface area (TPSA) is 40.1 Å². The Morgan fingerprint density at radius 1 is 1.58 bits per heavy atom. The summed E-state index contributed by atoms with van der Waals surface area (Å²) in [5.74, 6) is 0.940. The minimum absolute atomic E-state index is 0.405. The summed E-state index contributed by atoms with van der Waals surface area (Å²) >= 11 is 7.64. The minimum atomic E-state index is 0.405. The maximum Gasteiger partial charge on any atom is 0.194 e. The second kappa shape index (κ2) is 9.61. The maximum absolute atomic E-state index is 6.03. The summed E-state index contributed by atoms with van der Waals surface area (Å²) in [5, 5.41) is 3.38. The van der Waals surface area contributed by atoms with Crippen LogP contribution in [0.15, 0.2) is 17.1 Å². The van der Waals surface area contributed by atoms with E-state index in [1.165, 1.54) is 4.88 Å². The molecule has 0 spiro atoms. The number of aliphatic imine (C=N–C) groups is 1. The van der Waals surface area contributed by atoms with Crippen molar-refractivity contribution in [2.75, 3.05) is 39.9 Å². The van der Waals surface area contributed by atoms with E-state index in [1.807, 2.05) is 6.07 Å². The predicted molar refractivity (Wildman–Crippen MR) is 103 cm³/mol. The largest absolute Gasteiger partial charge is 0.379 e. The zero-order valence-corrected chi connectivity index (χ0v) is 16.7. The number of nitrogens with one attached hydrogen (secondary N) is 1. The van der Waals surface area contributed by atoms with Crippen molar-refractivity contribution in [3.05, 3.63) is 21.3 Å². The van der Waals surface area contributed by atoms with Crippen LogP contribution in [0.3, 0.4) is 0 Å². The molecule has 24 heavy (non-hydrogen) atoms. The highest BCUT2D eigenvalue weighted by atomic mass is 35.5. The van der Waals surface area contributed by atoms with Crippen LogP contribution in [0.1, 0.15) is 25.6 Å². The minimum Gasteiger partial charge on any atom is -0.379 e. The van der Waals surface area contributed by atoms with Gasteiger partial charge in [0.15, 0.2) is 5.96 Å². The number of rotatable bonds is 6. The lowest BCUT2D eigenvalue weighted by Crippen LogP contribution is -2.49. The molecule has 2 unspecified atom stereocenters. The highest BCUT2D eigenvalue weighted by Gasteiger charge is 2.23. The van der Waals surface area contributed by atoms with Crippen molar-refractivity contribution in [1.82, 2.24) is 15.1 Å². The van der Waals surface area contributed by atoms with Gasteiger partial charge in [-0.25, -0.2) is 0 Å². The third-order valence-corrected chi connectivity index (χ3v) is 5.42. The van der Waals surface area contributed by atoms with Crippen molar-refractivity contribution in [3.63, 3.8) is 0 Å². The Hall–Kier alpha value is -0.820. The van der Waals surface area contributed by atoms with E-state index in [0.717, 1.165) is 49.7 Å². The highest BCUT2D eigenvalue weighted by molar-refractivity contribution is 7.16. The second-order valence-corrected chi connectivity index (χ2v) is 8.07. The third-order valence-electron chi connectivity index (χ3n) is 4.21. The number of hydrogen-bond acceptors (Lipinski definition) is 4. The fraction of sp³-hybridized carbons (Fsp3) is 0.706. The zero-order chi connectivity index (χ0) is 17.5. The number of halogens is 1. The van der Waals surface area contributed by atoms with E-state index < -0.39 is 0 Å². The average molecular weight is 373 g/mol. The number of thiophene rings is 1. The fourth-order valence-corrected chi connectivity index (χ4v) is 4.07. The molecule has 1 N–H and O–H groups in total. The van der Waals surface area contributed by atoms with Crippen LogP contribution in [0.25, 0.3) is 0 Å². The van der Waals surface area contributed by atoms with E-state index in [4.69, 9.17) is 21.3 Å². The molecular formula is C17H29ClN4OS. The molecule has 2 heterocycles. The van der Waals surface area contributed by atoms with E-state index in [9.17, 15) is 0 Å². The molecule has 2 atom stereocenters. The molecule has 1 aromatic rings. The van der Waals surface area contributed by atoms with Crippen LogP contribution in [0.5, 0.6) is 0 Å². The van der Waals surface area contributed by atoms with Gasteiger partial charge in [0.1, 0.15) is 0 Å². The van der Waals surface area contributed by atoms with Gasteiger partial charge in [-0.1, -0.05) is 11.6 Å². The lowest BCUT2D eigenvalue weighted by molar-refractivity contribution is -0.0166. The van der Waals surface area contributed by atoms with Gasteiger partial charge in [0.2, 0.25) is 0 Å². The lowest BCUT2D eigenvalue weighted by Gasteiger charge is -2.37. The van der Waals surface area contributed by atoms with Crippen molar-refractivity contribution < 1.29 is 4.74 Å². The summed E-state index contributed by atoms with van der Waals surface area (Å²) in [6, 6.07) is 4.88. The van der Waals surface area contributed by atoms with Crippen molar-refractivity contribution in [2.24, 2.45) is 4.99 Å². The maximum atomic E-state index is 6.03. The number of hydrogen-bond donors (Lipinski definition) is 1. The van der Waals surface area contributed by atoms with Crippen molar-refractivity contribution in [1.29, 1.82) is 0 Å². The summed E-state index contributed by atoms with van der Waals surface area (Å²) < 4.78 is 6.35. The molecule has 1 saturated heterocycles. The Morgan fingerprint density at radius 3 is 3.00 bits per heavy atom. The summed E-state index contributed by atoms with van der Waals surface area (Å²) in [4.78, 5) is 10.7. The first kappa shape index (κ1) is 19.5. The standard InChI is InChI=1S/C17H29ClN4OS/c1-5-19-17(21(4)11-15-6-7-16(18)24-15)20-10-13(2)22-8-9-23-12-14(22)3/h6-7,13-14H,5,8-12H2,1-4H3,(H,19,20). The van der Waals surface area contributed by atoms with E-state index in [0.29, 0.717) is 12.1 Å². The summed E-state index contributed by atoms with van der Waals surface area (Å²) in [5.41, 5.74) is 0. The molecule has 2 rings (SSSR count). The first-order chi connectivity index (χ1) is 11.5. The van der Waals surface area contributed by atoms with Gasteiger partial charge in [-0.3, -0.25) is 9.89 Å². The third kappa shape index (κ3) is 5.62. The molecule has 0 aromatic carbocycles. The Bertz CT molecular complexity index is 536. The molecular weight excluding hydrogens is 344 g/mol. The molecule has 136 valence electrons. The first-order valence-electron chi connectivity index (χ1n) is 8.58. The Kier molecular flexibility index (Phi) is 7.81. The van der Waals surface area contributed by atoms with Crippen LogP contribution in [0.2, 0.25) is 4.34 Å². The normalized spacial score (nSPS) is 20.9. The van der Waals surface area contributed by atoms with E-state index in [-0.39, 0.29) is 0 Å². The quantitative estimate of drug-likeness (QED) is 0.615. The Balaban J connectivity index is 1.95. The van der Waals surface area contributed by atoms with Gasteiger partial charge < -0.3 is 15.0 Å². The van der Waals surface area contributed by atoms with Crippen LogP contribution >= 0.6 is 22.9 Å². The second-order valence-electron chi connectivity index (χ2n) is 6.27. The van der Waals surface area contributed by atoms with Gasteiger partial charge in [-0.2, -0.15) is 0 Å². The number of guanidine groups is 1. The molecule has 7 heteroatoms. The van der Waals surface area contributed by atoms with E-state index in [1.54, 1.807) is 11.3 Å². The van der Waals surface area contributed by atoms with Gasteiger partial charge >= 0.3 is 0 Å². The molecule has 1 fully saturated rings. The number of morpholine rings is 1. The molecule has 0 radical (unpaired) electrons. The summed E-state index contributed by atoms with van der Waals surface area (Å²) in [6.45, 7) is 11.6. The monoisotopic (exact) mass is 372 g/mol. The van der Waals surface area contributed by atoms with Crippen molar-refractivity contribution >= 4 is 28.9 Å². The molecule has 0 amide bonds. The van der Waals surface area contributed by atoms with Crippen LogP contribution in [0, 0.1) is 0 Å². The molecule has 1 aliphatic heterocycles. The van der Waals surface area contributed by atoms with Gasteiger partial charge in [-0.05, 0) is 32.9 Å². The zero-order valence-electron chi connectivity index (χ0n) is 15.1. The van der Waals surface area contributed by atoms with Crippen molar-refractivity contribution in [3.8, 4) is 0 Å². The van der Waals surface area contributed by atoms with E-state index in [2.05, 4.69) is 49.0 Å². The predicted octanol–water partition coefficient (Wildman–Crippen LogP) is 2.91. The highest BCUT2D eigenvalue weighted by Crippen LogP contribution is 2.22. The fourth-order valence-electron chi connectivity index (χ4n) is 2.93. The van der Waals surface area contributed by atoms with Gasteiger partial charge in [-0.15, -0.1) is 11.3 Å². The van der Waals surface area contributed by atoms with Crippen LogP contribution < -0.4 is 5.32 Å². The van der Waals surface area contributed by atoms with E-state index >= 15 is 0 Å². The Morgan fingerprint density at radius 2 is 2.38 bits per heavy atom. The van der Waals surface area contributed by atoms with Crippen LogP contribution in [-0.4, -0.2) is 67.7 Å². The molecule has 1 aliphatic rings. The van der Waals surface area contributed by atoms with Gasteiger partial charge in [0.25, 0.3) is 0 Å².